The number of nitrogens with one attached hydrogen (secondary N) is 3. The average Bonchev–Trinajstić information content (AvgIpc) is 2.86. The average molecular weight is 437 g/mol. The lowest BCUT2D eigenvalue weighted by Gasteiger charge is -2.27. The van der Waals surface area contributed by atoms with Crippen LogP contribution in [0.15, 0.2) is 53.7 Å². The van der Waals surface area contributed by atoms with Crippen LogP contribution in [0.25, 0.3) is 5.70 Å². The minimum absolute atomic E-state index is 0.118. The van der Waals surface area contributed by atoms with Gasteiger partial charge in [-0.2, -0.15) is 0 Å². The van der Waals surface area contributed by atoms with Gasteiger partial charge >= 0.3 is 0 Å². The van der Waals surface area contributed by atoms with Crippen LogP contribution < -0.4 is 15.1 Å². The molecule has 1 heterocycles. The second-order valence-electron chi connectivity index (χ2n) is 7.20. The van der Waals surface area contributed by atoms with Crippen LogP contribution in [-0.4, -0.2) is 30.8 Å². The molecule has 160 valence electrons. The van der Waals surface area contributed by atoms with Crippen molar-refractivity contribution >= 4 is 58.7 Å². The Morgan fingerprint density at radius 1 is 1.23 bits per heavy atom. The number of carbonyl (C=O) groups is 1. The van der Waals surface area contributed by atoms with Gasteiger partial charge in [-0.25, -0.2) is 0 Å². The summed E-state index contributed by atoms with van der Waals surface area (Å²) in [5, 5.41) is 20.2. The fourth-order valence-corrected chi connectivity index (χ4v) is 3.70. The van der Waals surface area contributed by atoms with Crippen molar-refractivity contribution in [3.05, 3.63) is 59.3 Å². The maximum Gasteiger partial charge on any atom is 0.211 e. The van der Waals surface area contributed by atoms with Gasteiger partial charge in [0.05, 0.1) is 17.1 Å². The van der Waals surface area contributed by atoms with Gasteiger partial charge in [0.25, 0.3) is 0 Å². The van der Waals surface area contributed by atoms with E-state index in [1.165, 1.54) is 0 Å². The molecule has 0 bridgehead atoms. The largest absolute Gasteiger partial charge is 0.339 e. The molecule has 3 N–H and O–H groups in total. The SMILES string of the molecule is C/C=N\C(=C/NC=O)c1ccc2c(c1)N(c1ccc(Cl)cc1)C[C@@H](C)C(=N)N2C(C)=N. The predicted molar refractivity (Wildman–Crippen MR) is 129 cm³/mol. The molecule has 3 rings (SSSR count). The maximum absolute atomic E-state index is 10.8. The Morgan fingerprint density at radius 3 is 2.55 bits per heavy atom. The van der Waals surface area contributed by atoms with Crippen molar-refractivity contribution in [1.29, 1.82) is 10.8 Å². The molecule has 2 aromatic carbocycles. The topological polar surface area (TPSA) is 95.6 Å². The highest BCUT2D eigenvalue weighted by Gasteiger charge is 2.31. The number of benzene rings is 2. The van der Waals surface area contributed by atoms with Gasteiger partial charge in [0, 0.05) is 41.2 Å². The molecule has 0 spiro atoms. The number of halogens is 1. The molecule has 2 aromatic rings. The van der Waals surface area contributed by atoms with Crippen molar-refractivity contribution in [1.82, 2.24) is 5.32 Å². The van der Waals surface area contributed by atoms with Gasteiger partial charge < -0.3 is 10.2 Å². The lowest BCUT2D eigenvalue weighted by molar-refractivity contribution is -0.108. The van der Waals surface area contributed by atoms with Crippen LogP contribution in [0.5, 0.6) is 0 Å². The summed E-state index contributed by atoms with van der Waals surface area (Å²) >= 11 is 6.10. The number of anilines is 3. The lowest BCUT2D eigenvalue weighted by Crippen LogP contribution is -2.38. The van der Waals surface area contributed by atoms with E-state index in [4.69, 9.17) is 22.4 Å². The van der Waals surface area contributed by atoms with Crippen molar-refractivity contribution < 1.29 is 4.79 Å². The third kappa shape index (κ3) is 4.67. The van der Waals surface area contributed by atoms with Crippen LogP contribution in [0, 0.1) is 16.7 Å². The summed E-state index contributed by atoms with van der Waals surface area (Å²) in [5.41, 5.74) is 3.91. The number of aliphatic imine (C=N–C) groups is 1. The molecule has 1 amide bonds. The number of rotatable bonds is 5. The van der Waals surface area contributed by atoms with Crippen LogP contribution >= 0.6 is 11.6 Å². The molecular weight excluding hydrogens is 412 g/mol. The van der Waals surface area contributed by atoms with E-state index >= 15 is 0 Å². The predicted octanol–water partition coefficient (Wildman–Crippen LogP) is 5.04. The molecule has 0 radical (unpaired) electrons. The van der Waals surface area contributed by atoms with Crippen LogP contribution in [-0.2, 0) is 4.79 Å². The van der Waals surface area contributed by atoms with Crippen LogP contribution in [0.4, 0.5) is 17.1 Å². The molecule has 31 heavy (non-hydrogen) atoms. The van der Waals surface area contributed by atoms with E-state index in [2.05, 4.69) is 15.2 Å². The summed E-state index contributed by atoms with van der Waals surface area (Å²) in [5.74, 6) is 0.518. The van der Waals surface area contributed by atoms with Crippen molar-refractivity contribution in [3.8, 4) is 0 Å². The molecule has 1 atom stereocenters. The number of nitrogens with zero attached hydrogens (tertiary/aromatic N) is 3. The van der Waals surface area contributed by atoms with Gasteiger partial charge in [-0.3, -0.25) is 25.5 Å². The standard InChI is InChI=1S/C23H25ClN6O/c1-4-28-20(12-27-14-31)17-5-10-21-22(11-17)29(19-8-6-18(24)7-9-19)13-15(2)23(26)30(21)16(3)25/h4-12,14-15,25-26H,13H2,1-3H3,(H,27,31)/b20-12-,25-16?,26-23?,28-4-/t15-/m1/s1. The fourth-order valence-electron chi connectivity index (χ4n) is 3.57. The van der Waals surface area contributed by atoms with Crippen LogP contribution in [0.2, 0.25) is 5.02 Å². The molecule has 1 aliphatic rings. The highest BCUT2D eigenvalue weighted by molar-refractivity contribution is 6.30. The number of amidine groups is 2. The minimum atomic E-state index is -0.118. The van der Waals surface area contributed by atoms with Gasteiger partial charge in [-0.05, 0) is 50.2 Å². The van der Waals surface area contributed by atoms with Crippen molar-refractivity contribution in [2.45, 2.75) is 20.8 Å². The number of amides is 1. The molecule has 0 saturated carbocycles. The highest BCUT2D eigenvalue weighted by atomic mass is 35.5. The maximum atomic E-state index is 10.8. The lowest BCUT2D eigenvalue weighted by atomic mass is 10.1. The monoisotopic (exact) mass is 436 g/mol. The Bertz CT molecular complexity index is 1060. The fraction of sp³-hybridized carbons (Fsp3) is 0.217. The van der Waals surface area contributed by atoms with Crippen molar-refractivity contribution in [2.24, 2.45) is 10.9 Å². The first-order valence-electron chi connectivity index (χ1n) is 9.87. The second kappa shape index (κ2) is 9.57. The van der Waals surface area contributed by atoms with Gasteiger partial charge in [-0.15, -0.1) is 0 Å². The first kappa shape index (κ1) is 22.2. The number of fused-ring (bicyclic) bond motifs is 1. The molecule has 0 aliphatic carbocycles. The van der Waals surface area contributed by atoms with Crippen LogP contribution in [0.1, 0.15) is 26.3 Å². The third-order valence-corrected chi connectivity index (χ3v) is 5.25. The summed E-state index contributed by atoms with van der Waals surface area (Å²) in [4.78, 5) is 19.0. The Kier molecular flexibility index (Phi) is 6.87. The molecule has 7 nitrogen and oxygen atoms in total. The molecule has 1 aliphatic heterocycles. The molecular formula is C23H25ClN6O. The molecule has 0 unspecified atom stereocenters. The summed E-state index contributed by atoms with van der Waals surface area (Å²) in [6, 6.07) is 13.3. The normalized spacial score (nSPS) is 16.8. The van der Waals surface area contributed by atoms with E-state index in [0.29, 0.717) is 29.5 Å². The van der Waals surface area contributed by atoms with E-state index in [-0.39, 0.29) is 11.8 Å². The van der Waals surface area contributed by atoms with Gasteiger partial charge in [0.15, 0.2) is 0 Å². The Hall–Kier alpha value is -3.45. The zero-order valence-corrected chi connectivity index (χ0v) is 18.4. The quantitative estimate of drug-likeness (QED) is 0.348. The van der Waals surface area contributed by atoms with Gasteiger partial charge in [0.1, 0.15) is 11.7 Å². The van der Waals surface area contributed by atoms with E-state index < -0.39 is 0 Å². The summed E-state index contributed by atoms with van der Waals surface area (Å²) in [7, 11) is 0. The van der Waals surface area contributed by atoms with Gasteiger partial charge in [-0.1, -0.05) is 24.6 Å². The van der Waals surface area contributed by atoms with Crippen molar-refractivity contribution in [2.75, 3.05) is 16.3 Å². The minimum Gasteiger partial charge on any atom is -0.339 e. The van der Waals surface area contributed by atoms with Gasteiger partial charge in [0.2, 0.25) is 6.41 Å². The number of hydrogen-bond acceptors (Lipinski definition) is 5. The smallest absolute Gasteiger partial charge is 0.211 e. The van der Waals surface area contributed by atoms with E-state index in [1.807, 2.05) is 49.4 Å². The highest BCUT2D eigenvalue weighted by Crippen LogP contribution is 2.40. The molecule has 0 fully saturated rings. The van der Waals surface area contributed by atoms with E-state index in [0.717, 1.165) is 22.6 Å². The Labute approximate surface area is 187 Å². The molecule has 8 heteroatoms. The van der Waals surface area contributed by atoms with E-state index in [1.54, 1.807) is 31.2 Å². The van der Waals surface area contributed by atoms with Crippen LogP contribution in [0.3, 0.4) is 0 Å². The third-order valence-electron chi connectivity index (χ3n) is 5.00. The zero-order chi connectivity index (χ0) is 22.5. The summed E-state index contributed by atoms with van der Waals surface area (Å²) in [6.45, 7) is 6.02. The van der Waals surface area contributed by atoms with E-state index in [9.17, 15) is 4.79 Å². The Balaban J connectivity index is 2.25. The zero-order valence-electron chi connectivity index (χ0n) is 17.7. The number of hydrogen-bond donors (Lipinski definition) is 3. The second-order valence-corrected chi connectivity index (χ2v) is 7.64. The summed E-state index contributed by atoms with van der Waals surface area (Å²) in [6.07, 6.45) is 3.80. The summed E-state index contributed by atoms with van der Waals surface area (Å²) < 4.78 is 0. The first-order valence-corrected chi connectivity index (χ1v) is 10.2. The Morgan fingerprint density at radius 2 is 1.94 bits per heavy atom. The first-order chi connectivity index (χ1) is 14.9. The number of carbonyl (C=O) groups excluding carboxylic acids is 1. The molecule has 0 saturated heterocycles. The van der Waals surface area contributed by atoms with Crippen molar-refractivity contribution in [3.63, 3.8) is 0 Å². The molecule has 0 aromatic heterocycles.